The number of hydrogen-bond acceptors (Lipinski definition) is 0. The van der Waals surface area contributed by atoms with Crippen molar-refractivity contribution < 1.29 is 0 Å². The number of benzene rings is 2. The molecule has 0 amide bonds. The zero-order valence-electron chi connectivity index (χ0n) is 11.4. The first-order chi connectivity index (χ1) is 8.72. The van der Waals surface area contributed by atoms with Gasteiger partial charge in [-0.15, -0.1) is 0 Å². The minimum atomic E-state index is 1.10. The molecule has 3 rings (SSSR count). The Bertz CT molecular complexity index is 514. The fourth-order valence-electron chi connectivity index (χ4n) is 2.08. The SMILES string of the molecule is CC=C(C)C.c1ccc2c(c1)Cc1ccccc1-2. The molecule has 2 aromatic rings. The molecule has 92 valence electrons. The number of rotatable bonds is 0. The number of fused-ring (bicyclic) bond motifs is 3. The van der Waals surface area contributed by atoms with Gasteiger partial charge in [0, 0.05) is 0 Å². The molecule has 0 atom stereocenters. The van der Waals surface area contributed by atoms with Gasteiger partial charge >= 0.3 is 0 Å². The van der Waals surface area contributed by atoms with Crippen molar-refractivity contribution in [3.05, 3.63) is 71.3 Å². The fraction of sp³-hybridized carbons (Fsp3) is 0.222. The predicted octanol–water partition coefficient (Wildman–Crippen LogP) is 5.23. The van der Waals surface area contributed by atoms with E-state index in [0.717, 1.165) is 6.42 Å². The van der Waals surface area contributed by atoms with Crippen LogP contribution in [0.4, 0.5) is 0 Å². The van der Waals surface area contributed by atoms with Crippen LogP contribution in [0.1, 0.15) is 31.9 Å². The molecule has 0 saturated heterocycles. The van der Waals surface area contributed by atoms with Crippen LogP contribution in [-0.2, 0) is 6.42 Å². The van der Waals surface area contributed by atoms with Crippen molar-refractivity contribution in [2.24, 2.45) is 0 Å². The fourth-order valence-corrected chi connectivity index (χ4v) is 2.08. The van der Waals surface area contributed by atoms with Gasteiger partial charge in [0.15, 0.2) is 0 Å². The van der Waals surface area contributed by atoms with Gasteiger partial charge in [-0.25, -0.2) is 0 Å². The van der Waals surface area contributed by atoms with Crippen molar-refractivity contribution in [2.75, 3.05) is 0 Å². The zero-order chi connectivity index (χ0) is 13.0. The van der Waals surface area contributed by atoms with Gasteiger partial charge in [0.05, 0.1) is 0 Å². The monoisotopic (exact) mass is 236 g/mol. The Balaban J connectivity index is 0.000000209. The summed E-state index contributed by atoms with van der Waals surface area (Å²) in [5.41, 5.74) is 7.13. The van der Waals surface area contributed by atoms with Crippen LogP contribution >= 0.6 is 0 Å². The van der Waals surface area contributed by atoms with E-state index in [0.29, 0.717) is 0 Å². The Labute approximate surface area is 110 Å². The van der Waals surface area contributed by atoms with Crippen LogP contribution in [0.15, 0.2) is 60.2 Å². The van der Waals surface area contributed by atoms with Gasteiger partial charge in [-0.05, 0) is 49.4 Å². The summed E-state index contributed by atoms with van der Waals surface area (Å²) in [4.78, 5) is 0. The first-order valence-corrected chi connectivity index (χ1v) is 6.48. The summed E-state index contributed by atoms with van der Waals surface area (Å²) in [6.07, 6.45) is 3.19. The Kier molecular flexibility index (Phi) is 3.99. The molecule has 18 heavy (non-hydrogen) atoms. The van der Waals surface area contributed by atoms with Gasteiger partial charge < -0.3 is 0 Å². The minimum Gasteiger partial charge on any atom is -0.0890 e. The first-order valence-electron chi connectivity index (χ1n) is 6.48. The van der Waals surface area contributed by atoms with E-state index in [9.17, 15) is 0 Å². The average Bonchev–Trinajstić information content (AvgIpc) is 2.78. The molecule has 0 nitrogen and oxygen atoms in total. The summed E-state index contributed by atoms with van der Waals surface area (Å²) in [5, 5.41) is 0. The van der Waals surface area contributed by atoms with Crippen molar-refractivity contribution in [1.29, 1.82) is 0 Å². The number of allylic oxidation sites excluding steroid dienone is 2. The van der Waals surface area contributed by atoms with Crippen molar-refractivity contribution >= 4 is 0 Å². The molecule has 0 radical (unpaired) electrons. The van der Waals surface area contributed by atoms with E-state index >= 15 is 0 Å². The third kappa shape index (κ3) is 2.70. The van der Waals surface area contributed by atoms with E-state index in [4.69, 9.17) is 0 Å². The van der Waals surface area contributed by atoms with Crippen LogP contribution in [0.3, 0.4) is 0 Å². The Morgan fingerprint density at radius 1 is 0.833 bits per heavy atom. The smallest absolute Gasteiger partial charge is 0.00135 e. The summed E-state index contributed by atoms with van der Waals surface area (Å²) in [6.45, 7) is 6.20. The molecular weight excluding hydrogens is 216 g/mol. The van der Waals surface area contributed by atoms with Crippen LogP contribution in [0.5, 0.6) is 0 Å². The van der Waals surface area contributed by atoms with E-state index in [-0.39, 0.29) is 0 Å². The lowest BCUT2D eigenvalue weighted by Crippen LogP contribution is -1.77. The number of hydrogen-bond donors (Lipinski definition) is 0. The van der Waals surface area contributed by atoms with Crippen LogP contribution in [-0.4, -0.2) is 0 Å². The van der Waals surface area contributed by atoms with Crippen molar-refractivity contribution in [2.45, 2.75) is 27.2 Å². The maximum absolute atomic E-state index is 2.22. The molecule has 0 spiro atoms. The molecular formula is C18H20. The lowest BCUT2D eigenvalue weighted by molar-refractivity contribution is 1.26. The Morgan fingerprint density at radius 2 is 1.22 bits per heavy atom. The molecule has 0 heteroatoms. The molecule has 0 unspecified atom stereocenters. The van der Waals surface area contributed by atoms with Crippen LogP contribution < -0.4 is 0 Å². The normalized spacial score (nSPS) is 10.8. The molecule has 0 fully saturated rings. The average molecular weight is 236 g/mol. The molecule has 0 N–H and O–H groups in total. The molecule has 0 bridgehead atoms. The van der Waals surface area contributed by atoms with E-state index in [2.05, 4.69) is 68.5 Å². The molecule has 0 saturated carbocycles. The second-order valence-electron chi connectivity index (χ2n) is 4.86. The molecule has 0 heterocycles. The second kappa shape index (κ2) is 5.68. The summed E-state index contributed by atoms with van der Waals surface area (Å²) >= 11 is 0. The quantitative estimate of drug-likeness (QED) is 0.469. The summed E-state index contributed by atoms with van der Waals surface area (Å²) in [7, 11) is 0. The van der Waals surface area contributed by atoms with Crippen molar-refractivity contribution in [1.82, 2.24) is 0 Å². The summed E-state index contributed by atoms with van der Waals surface area (Å²) in [5.74, 6) is 0. The predicted molar refractivity (Wildman–Crippen MR) is 79.8 cm³/mol. The highest BCUT2D eigenvalue weighted by Gasteiger charge is 2.15. The van der Waals surface area contributed by atoms with Gasteiger partial charge in [0.25, 0.3) is 0 Å². The lowest BCUT2D eigenvalue weighted by Gasteiger charge is -1.98. The lowest BCUT2D eigenvalue weighted by atomic mass is 10.1. The standard InChI is InChI=1S/C13H10.C5H10/c1-3-7-12-10(5-1)9-11-6-2-4-8-13(11)12;1-4-5(2)3/h1-8H,9H2;4H,1-3H3. The van der Waals surface area contributed by atoms with Gasteiger partial charge in [-0.1, -0.05) is 60.2 Å². The van der Waals surface area contributed by atoms with Gasteiger partial charge in [0.2, 0.25) is 0 Å². The van der Waals surface area contributed by atoms with E-state index in [1.807, 2.05) is 6.92 Å². The van der Waals surface area contributed by atoms with Gasteiger partial charge in [-0.3, -0.25) is 0 Å². The largest absolute Gasteiger partial charge is 0.0890 e. The van der Waals surface area contributed by atoms with E-state index < -0.39 is 0 Å². The molecule has 1 aliphatic carbocycles. The topological polar surface area (TPSA) is 0 Å². The van der Waals surface area contributed by atoms with Crippen molar-refractivity contribution in [3.63, 3.8) is 0 Å². The highest BCUT2D eigenvalue weighted by molar-refractivity contribution is 5.76. The molecule has 2 aromatic carbocycles. The zero-order valence-corrected chi connectivity index (χ0v) is 11.4. The van der Waals surface area contributed by atoms with Gasteiger partial charge in [-0.2, -0.15) is 0 Å². The molecule has 0 aromatic heterocycles. The van der Waals surface area contributed by atoms with E-state index in [1.165, 1.54) is 27.8 Å². The second-order valence-corrected chi connectivity index (χ2v) is 4.86. The minimum absolute atomic E-state index is 1.10. The molecule has 1 aliphatic rings. The van der Waals surface area contributed by atoms with Crippen LogP contribution in [0.2, 0.25) is 0 Å². The summed E-state index contributed by atoms with van der Waals surface area (Å²) in [6, 6.07) is 17.3. The molecule has 0 aliphatic heterocycles. The summed E-state index contributed by atoms with van der Waals surface area (Å²) < 4.78 is 0. The highest BCUT2D eigenvalue weighted by atomic mass is 14.2. The van der Waals surface area contributed by atoms with Crippen molar-refractivity contribution in [3.8, 4) is 11.1 Å². The van der Waals surface area contributed by atoms with Gasteiger partial charge in [0.1, 0.15) is 0 Å². The Morgan fingerprint density at radius 3 is 1.61 bits per heavy atom. The highest BCUT2D eigenvalue weighted by Crippen LogP contribution is 2.35. The van der Waals surface area contributed by atoms with E-state index in [1.54, 1.807) is 0 Å². The third-order valence-corrected chi connectivity index (χ3v) is 3.28. The first kappa shape index (κ1) is 12.6. The third-order valence-electron chi connectivity index (χ3n) is 3.28. The van der Waals surface area contributed by atoms with Crippen LogP contribution in [0.25, 0.3) is 11.1 Å². The maximum Gasteiger partial charge on any atom is -0.00135 e. The van der Waals surface area contributed by atoms with Crippen LogP contribution in [0, 0.1) is 0 Å². The maximum atomic E-state index is 2.22. The Hall–Kier alpha value is -1.82.